The average molecular weight is 241 g/mol. The van der Waals surface area contributed by atoms with Gasteiger partial charge in [0.2, 0.25) is 5.91 Å². The third-order valence-electron chi connectivity index (χ3n) is 3.03. The second-order valence-corrected chi connectivity index (χ2v) is 4.03. The van der Waals surface area contributed by atoms with Crippen LogP contribution >= 0.6 is 0 Å². The molecule has 2 aliphatic heterocycles. The van der Waals surface area contributed by atoms with Gasteiger partial charge in [-0.25, -0.2) is 9.59 Å². The number of carbonyl (C=O) groups excluding carboxylic acids is 3. The second kappa shape index (κ2) is 4.23. The van der Waals surface area contributed by atoms with E-state index >= 15 is 0 Å². The van der Waals surface area contributed by atoms with Gasteiger partial charge in [0, 0.05) is 13.5 Å². The Kier molecular flexibility index (Phi) is 2.91. The van der Waals surface area contributed by atoms with E-state index in [0.29, 0.717) is 13.0 Å². The molecular weight excluding hydrogens is 226 g/mol. The summed E-state index contributed by atoms with van der Waals surface area (Å²) in [4.78, 5) is 37.1. The molecule has 2 heterocycles. The van der Waals surface area contributed by atoms with Crippen LogP contribution < -0.4 is 5.32 Å². The number of ether oxygens (including phenoxy) is 1. The molecule has 4 amide bonds. The van der Waals surface area contributed by atoms with Crippen LogP contribution in [0.1, 0.15) is 20.3 Å². The van der Waals surface area contributed by atoms with Crippen molar-refractivity contribution in [2.75, 3.05) is 13.2 Å². The third kappa shape index (κ3) is 1.81. The molecule has 7 nitrogen and oxygen atoms in total. The van der Waals surface area contributed by atoms with Gasteiger partial charge in [-0.3, -0.25) is 14.6 Å². The zero-order chi connectivity index (χ0) is 12.6. The van der Waals surface area contributed by atoms with E-state index in [4.69, 9.17) is 4.74 Å². The summed E-state index contributed by atoms with van der Waals surface area (Å²) in [6.45, 7) is 3.84. The Morgan fingerprint density at radius 1 is 1.53 bits per heavy atom. The van der Waals surface area contributed by atoms with E-state index in [1.54, 1.807) is 6.92 Å². The molecule has 0 aromatic carbocycles. The van der Waals surface area contributed by atoms with Crippen LogP contribution in [-0.2, 0) is 9.53 Å². The molecule has 2 atom stereocenters. The molecule has 2 unspecified atom stereocenters. The lowest BCUT2D eigenvalue weighted by Crippen LogP contribution is -2.45. The number of amides is 4. The highest BCUT2D eigenvalue weighted by Crippen LogP contribution is 2.27. The Hall–Kier alpha value is -1.79. The predicted octanol–water partition coefficient (Wildman–Crippen LogP) is 0.115. The molecule has 0 spiro atoms. The van der Waals surface area contributed by atoms with Gasteiger partial charge in [0.05, 0.1) is 12.6 Å². The first-order valence-corrected chi connectivity index (χ1v) is 5.60. The summed E-state index contributed by atoms with van der Waals surface area (Å²) in [6.07, 6.45) is -0.321. The summed E-state index contributed by atoms with van der Waals surface area (Å²) in [5.74, 6) is -0.305. The minimum absolute atomic E-state index is 0.274. The van der Waals surface area contributed by atoms with Crippen molar-refractivity contribution in [3.8, 4) is 0 Å². The summed E-state index contributed by atoms with van der Waals surface area (Å²) in [6, 6.07) is -0.717. The summed E-state index contributed by atoms with van der Waals surface area (Å²) in [7, 11) is 0. The lowest BCUT2D eigenvalue weighted by molar-refractivity contribution is -0.126. The average Bonchev–Trinajstić information content (AvgIpc) is 2.74. The molecule has 0 aromatic heterocycles. The van der Waals surface area contributed by atoms with Crippen LogP contribution in [0.4, 0.5) is 9.59 Å². The maximum atomic E-state index is 11.6. The van der Waals surface area contributed by atoms with Crippen molar-refractivity contribution in [3.63, 3.8) is 0 Å². The summed E-state index contributed by atoms with van der Waals surface area (Å²) >= 11 is 0. The van der Waals surface area contributed by atoms with E-state index in [0.717, 1.165) is 0 Å². The van der Waals surface area contributed by atoms with E-state index in [2.05, 4.69) is 5.32 Å². The van der Waals surface area contributed by atoms with Crippen molar-refractivity contribution in [1.82, 2.24) is 15.1 Å². The minimum Gasteiger partial charge on any atom is -0.450 e. The molecule has 0 saturated carbocycles. The molecule has 1 N–H and O–H groups in total. The number of carbonyl (C=O) groups is 3. The molecule has 0 aliphatic carbocycles. The van der Waals surface area contributed by atoms with Gasteiger partial charge in [-0.2, -0.15) is 0 Å². The fourth-order valence-corrected chi connectivity index (χ4v) is 2.35. The first-order chi connectivity index (χ1) is 8.06. The van der Waals surface area contributed by atoms with Crippen LogP contribution in [0.3, 0.4) is 0 Å². The van der Waals surface area contributed by atoms with E-state index in [1.165, 1.54) is 16.7 Å². The minimum atomic E-state index is -0.453. The van der Waals surface area contributed by atoms with Crippen LogP contribution in [0.5, 0.6) is 0 Å². The van der Waals surface area contributed by atoms with Gasteiger partial charge in [-0.05, 0) is 13.3 Å². The number of imide groups is 1. The SMILES string of the molecule is CCOC(=O)N1CCC2C1NC(=O)N2C(C)=O. The van der Waals surface area contributed by atoms with Crippen LogP contribution in [-0.4, -0.2) is 53.2 Å². The molecule has 2 rings (SSSR count). The van der Waals surface area contributed by atoms with E-state index < -0.39 is 18.3 Å². The summed E-state index contributed by atoms with van der Waals surface area (Å²) in [5, 5.41) is 2.63. The van der Waals surface area contributed by atoms with Crippen molar-refractivity contribution in [1.29, 1.82) is 0 Å². The topological polar surface area (TPSA) is 79.0 Å². The Morgan fingerprint density at radius 3 is 2.82 bits per heavy atom. The second-order valence-electron chi connectivity index (χ2n) is 4.03. The van der Waals surface area contributed by atoms with Gasteiger partial charge in [0.1, 0.15) is 6.17 Å². The highest BCUT2D eigenvalue weighted by Gasteiger charge is 2.50. The maximum absolute atomic E-state index is 11.6. The number of nitrogens with one attached hydrogen (secondary N) is 1. The molecule has 2 saturated heterocycles. The van der Waals surface area contributed by atoms with Crippen LogP contribution in [0, 0.1) is 0 Å². The molecule has 7 heteroatoms. The summed E-state index contributed by atoms with van der Waals surface area (Å²) < 4.78 is 4.90. The molecule has 17 heavy (non-hydrogen) atoms. The quantitative estimate of drug-likeness (QED) is 0.707. The van der Waals surface area contributed by atoms with Crippen molar-refractivity contribution in [2.24, 2.45) is 0 Å². The number of hydrogen-bond donors (Lipinski definition) is 1. The third-order valence-corrected chi connectivity index (χ3v) is 3.03. The number of rotatable bonds is 1. The van der Waals surface area contributed by atoms with Gasteiger partial charge in [-0.15, -0.1) is 0 Å². The molecule has 0 bridgehead atoms. The van der Waals surface area contributed by atoms with Crippen molar-refractivity contribution < 1.29 is 19.1 Å². The smallest absolute Gasteiger partial charge is 0.411 e. The Labute approximate surface area is 98.7 Å². The predicted molar refractivity (Wildman–Crippen MR) is 57.0 cm³/mol. The highest BCUT2D eigenvalue weighted by atomic mass is 16.6. The van der Waals surface area contributed by atoms with Crippen LogP contribution in [0.15, 0.2) is 0 Å². The van der Waals surface area contributed by atoms with Crippen molar-refractivity contribution in [3.05, 3.63) is 0 Å². The van der Waals surface area contributed by atoms with Crippen molar-refractivity contribution in [2.45, 2.75) is 32.5 Å². The van der Waals surface area contributed by atoms with Gasteiger partial charge in [-0.1, -0.05) is 0 Å². The number of hydrogen-bond acceptors (Lipinski definition) is 4. The lowest BCUT2D eigenvalue weighted by atomic mass is 10.2. The molecule has 0 aromatic rings. The molecule has 2 aliphatic rings. The first-order valence-electron chi connectivity index (χ1n) is 5.60. The Balaban J connectivity index is 2.12. The summed E-state index contributed by atoms with van der Waals surface area (Å²) in [5.41, 5.74) is 0. The van der Waals surface area contributed by atoms with Crippen molar-refractivity contribution >= 4 is 18.0 Å². The lowest BCUT2D eigenvalue weighted by Gasteiger charge is -2.22. The zero-order valence-electron chi connectivity index (χ0n) is 9.80. The van der Waals surface area contributed by atoms with Crippen LogP contribution in [0.2, 0.25) is 0 Å². The number of likely N-dealkylation sites (tertiary alicyclic amines) is 1. The molecule has 0 radical (unpaired) electrons. The fourth-order valence-electron chi connectivity index (χ4n) is 2.35. The van der Waals surface area contributed by atoms with Gasteiger partial charge < -0.3 is 10.1 Å². The monoisotopic (exact) mass is 241 g/mol. The number of urea groups is 1. The molecule has 94 valence electrons. The number of nitrogens with zero attached hydrogens (tertiary/aromatic N) is 2. The van der Waals surface area contributed by atoms with Gasteiger partial charge in [0.15, 0.2) is 0 Å². The van der Waals surface area contributed by atoms with E-state index in [1.807, 2.05) is 0 Å². The van der Waals surface area contributed by atoms with Gasteiger partial charge >= 0.3 is 12.1 Å². The molecular formula is C10H15N3O4. The van der Waals surface area contributed by atoms with E-state index in [9.17, 15) is 14.4 Å². The van der Waals surface area contributed by atoms with Gasteiger partial charge in [0.25, 0.3) is 0 Å². The number of fused-ring (bicyclic) bond motifs is 1. The Bertz CT molecular complexity index is 371. The fraction of sp³-hybridized carbons (Fsp3) is 0.700. The molecule has 2 fully saturated rings. The largest absolute Gasteiger partial charge is 0.450 e. The van der Waals surface area contributed by atoms with E-state index in [-0.39, 0.29) is 18.6 Å². The standard InChI is InChI=1S/C10H15N3O4/c1-3-17-10(16)12-5-4-7-8(12)11-9(15)13(7)6(2)14/h7-8H,3-5H2,1-2H3,(H,11,15). The first kappa shape index (κ1) is 11.7. The maximum Gasteiger partial charge on any atom is 0.411 e. The normalized spacial score (nSPS) is 26.8. The Morgan fingerprint density at radius 2 is 2.24 bits per heavy atom. The zero-order valence-corrected chi connectivity index (χ0v) is 9.80. The highest BCUT2D eigenvalue weighted by molar-refractivity contribution is 5.96. The van der Waals surface area contributed by atoms with Crippen LogP contribution in [0.25, 0.3) is 0 Å².